The molecule has 1 aliphatic rings. The first kappa shape index (κ1) is 13.4. The van der Waals surface area contributed by atoms with Crippen molar-refractivity contribution in [3.05, 3.63) is 35.4 Å². The Bertz CT molecular complexity index is 483. The number of halogens is 2. The minimum Gasteiger partial charge on any atom is -0.382 e. The van der Waals surface area contributed by atoms with Crippen molar-refractivity contribution in [1.82, 2.24) is 0 Å². The van der Waals surface area contributed by atoms with Gasteiger partial charge in [-0.3, -0.25) is 0 Å². The van der Waals surface area contributed by atoms with Gasteiger partial charge in [-0.2, -0.15) is 0 Å². The van der Waals surface area contributed by atoms with Gasteiger partial charge < -0.3 is 9.84 Å². The minimum absolute atomic E-state index is 0.0828. The number of benzene rings is 1. The molecular formula is C14H18F2O2. The standard InChI is InChI=1S/C14H18F2O2/c1-12(2)8-14(17,13(3,4)18-12)10-6-5-9(15)7-11(10)16/h5-7,17H,8H2,1-4H3. The summed E-state index contributed by atoms with van der Waals surface area (Å²) in [6.45, 7) is 7.11. The predicted molar refractivity (Wildman–Crippen MR) is 64.1 cm³/mol. The van der Waals surface area contributed by atoms with Crippen LogP contribution in [0.15, 0.2) is 18.2 Å². The smallest absolute Gasteiger partial charge is 0.132 e. The van der Waals surface area contributed by atoms with Crippen molar-refractivity contribution in [2.75, 3.05) is 0 Å². The first-order chi connectivity index (χ1) is 8.07. The fraction of sp³-hybridized carbons (Fsp3) is 0.571. The zero-order chi connectivity index (χ0) is 13.8. The molecule has 2 rings (SSSR count). The van der Waals surface area contributed by atoms with Gasteiger partial charge in [0.1, 0.15) is 17.2 Å². The van der Waals surface area contributed by atoms with Crippen molar-refractivity contribution < 1.29 is 18.6 Å². The molecule has 0 radical (unpaired) electrons. The predicted octanol–water partition coefficient (Wildman–Crippen LogP) is 3.13. The third-order valence-corrected chi connectivity index (χ3v) is 3.59. The molecule has 18 heavy (non-hydrogen) atoms. The van der Waals surface area contributed by atoms with Gasteiger partial charge in [-0.15, -0.1) is 0 Å². The summed E-state index contributed by atoms with van der Waals surface area (Å²) in [5, 5.41) is 10.8. The number of ether oxygens (including phenoxy) is 1. The molecule has 1 saturated heterocycles. The molecular weight excluding hydrogens is 238 g/mol. The zero-order valence-corrected chi connectivity index (χ0v) is 11.1. The van der Waals surface area contributed by atoms with Crippen LogP contribution in [0.5, 0.6) is 0 Å². The van der Waals surface area contributed by atoms with Crippen LogP contribution < -0.4 is 0 Å². The Kier molecular flexibility index (Phi) is 2.80. The molecule has 1 atom stereocenters. The Balaban J connectivity index is 2.54. The molecule has 1 N–H and O–H groups in total. The van der Waals surface area contributed by atoms with Crippen LogP contribution in [0.25, 0.3) is 0 Å². The molecule has 0 bridgehead atoms. The maximum absolute atomic E-state index is 13.9. The third kappa shape index (κ3) is 1.93. The van der Waals surface area contributed by atoms with Crippen LogP contribution in [0.3, 0.4) is 0 Å². The van der Waals surface area contributed by atoms with E-state index in [4.69, 9.17) is 4.74 Å². The van der Waals surface area contributed by atoms with Gasteiger partial charge in [0, 0.05) is 18.1 Å². The van der Waals surface area contributed by atoms with E-state index in [1.165, 1.54) is 6.07 Å². The first-order valence-corrected chi connectivity index (χ1v) is 5.95. The zero-order valence-electron chi connectivity index (χ0n) is 11.1. The van der Waals surface area contributed by atoms with Crippen LogP contribution in [0.4, 0.5) is 8.78 Å². The SMILES string of the molecule is CC1(C)CC(O)(c2ccc(F)cc2F)C(C)(C)O1. The molecule has 1 aliphatic heterocycles. The fourth-order valence-corrected chi connectivity index (χ4v) is 2.88. The monoisotopic (exact) mass is 256 g/mol. The van der Waals surface area contributed by atoms with Gasteiger partial charge in [0.25, 0.3) is 0 Å². The van der Waals surface area contributed by atoms with Crippen molar-refractivity contribution in [3.63, 3.8) is 0 Å². The van der Waals surface area contributed by atoms with Gasteiger partial charge in [-0.05, 0) is 33.8 Å². The molecule has 2 nitrogen and oxygen atoms in total. The lowest BCUT2D eigenvalue weighted by Gasteiger charge is -2.35. The van der Waals surface area contributed by atoms with Gasteiger partial charge in [0.15, 0.2) is 0 Å². The lowest BCUT2D eigenvalue weighted by atomic mass is 9.77. The largest absolute Gasteiger partial charge is 0.382 e. The van der Waals surface area contributed by atoms with E-state index in [-0.39, 0.29) is 12.0 Å². The fourth-order valence-electron chi connectivity index (χ4n) is 2.88. The molecule has 0 aromatic heterocycles. The third-order valence-electron chi connectivity index (χ3n) is 3.59. The minimum atomic E-state index is -1.46. The van der Waals surface area contributed by atoms with E-state index >= 15 is 0 Å². The summed E-state index contributed by atoms with van der Waals surface area (Å²) in [7, 11) is 0. The van der Waals surface area contributed by atoms with E-state index in [1.54, 1.807) is 13.8 Å². The molecule has 0 aliphatic carbocycles. The number of rotatable bonds is 1. The van der Waals surface area contributed by atoms with E-state index in [2.05, 4.69) is 0 Å². The molecule has 4 heteroatoms. The summed E-state index contributed by atoms with van der Waals surface area (Å²) in [6.07, 6.45) is 0.259. The Hall–Kier alpha value is -1.00. The highest BCUT2D eigenvalue weighted by molar-refractivity contribution is 5.30. The maximum Gasteiger partial charge on any atom is 0.132 e. The second-order valence-electron chi connectivity index (χ2n) is 6.03. The molecule has 1 heterocycles. The Labute approximate surface area is 106 Å². The van der Waals surface area contributed by atoms with Crippen molar-refractivity contribution >= 4 is 0 Å². The highest BCUT2D eigenvalue weighted by atomic mass is 19.1. The Morgan fingerprint density at radius 1 is 1.17 bits per heavy atom. The van der Waals surface area contributed by atoms with Gasteiger partial charge in [0.2, 0.25) is 0 Å². The van der Waals surface area contributed by atoms with Crippen LogP contribution >= 0.6 is 0 Å². The molecule has 1 fully saturated rings. The van der Waals surface area contributed by atoms with E-state index in [9.17, 15) is 13.9 Å². The number of aliphatic hydroxyl groups is 1. The Morgan fingerprint density at radius 3 is 2.22 bits per heavy atom. The first-order valence-electron chi connectivity index (χ1n) is 5.95. The quantitative estimate of drug-likeness (QED) is 0.836. The van der Waals surface area contributed by atoms with Crippen molar-refractivity contribution in [2.24, 2.45) is 0 Å². The molecule has 0 spiro atoms. The van der Waals surface area contributed by atoms with Crippen LogP contribution in [0.2, 0.25) is 0 Å². The number of hydrogen-bond donors (Lipinski definition) is 1. The van der Waals surface area contributed by atoms with E-state index in [0.717, 1.165) is 12.1 Å². The molecule has 0 saturated carbocycles. The van der Waals surface area contributed by atoms with Crippen molar-refractivity contribution in [1.29, 1.82) is 0 Å². The second kappa shape index (κ2) is 3.75. The van der Waals surface area contributed by atoms with Gasteiger partial charge in [-0.1, -0.05) is 6.07 Å². The average Bonchev–Trinajstić information content (AvgIpc) is 2.29. The lowest BCUT2D eigenvalue weighted by molar-refractivity contribution is -0.130. The average molecular weight is 256 g/mol. The second-order valence-corrected chi connectivity index (χ2v) is 6.03. The highest BCUT2D eigenvalue weighted by Gasteiger charge is 2.58. The molecule has 1 aromatic carbocycles. The highest BCUT2D eigenvalue weighted by Crippen LogP contribution is 2.51. The van der Waals surface area contributed by atoms with Crippen LogP contribution in [0.1, 0.15) is 39.7 Å². The van der Waals surface area contributed by atoms with Crippen LogP contribution in [-0.2, 0) is 10.3 Å². The maximum atomic E-state index is 13.9. The van der Waals surface area contributed by atoms with Gasteiger partial charge in [-0.25, -0.2) is 8.78 Å². The Morgan fingerprint density at radius 2 is 1.78 bits per heavy atom. The topological polar surface area (TPSA) is 29.5 Å². The van der Waals surface area contributed by atoms with Gasteiger partial charge in [0.05, 0.1) is 11.2 Å². The lowest BCUT2D eigenvalue weighted by Crippen LogP contribution is -2.44. The van der Waals surface area contributed by atoms with Crippen molar-refractivity contribution in [3.8, 4) is 0 Å². The van der Waals surface area contributed by atoms with Crippen LogP contribution in [0, 0.1) is 11.6 Å². The summed E-state index contributed by atoms with van der Waals surface area (Å²) < 4.78 is 32.6. The normalized spacial score (nSPS) is 29.5. The molecule has 100 valence electrons. The van der Waals surface area contributed by atoms with Gasteiger partial charge >= 0.3 is 0 Å². The molecule has 1 aromatic rings. The van der Waals surface area contributed by atoms with E-state index < -0.39 is 28.4 Å². The number of hydrogen-bond acceptors (Lipinski definition) is 2. The summed E-state index contributed by atoms with van der Waals surface area (Å²) in [5.41, 5.74) is -2.87. The summed E-state index contributed by atoms with van der Waals surface area (Å²) in [5.74, 6) is -1.40. The van der Waals surface area contributed by atoms with E-state index in [0.29, 0.717) is 0 Å². The molecule has 0 amide bonds. The summed E-state index contributed by atoms with van der Waals surface area (Å²) in [4.78, 5) is 0. The van der Waals surface area contributed by atoms with E-state index in [1.807, 2.05) is 13.8 Å². The summed E-state index contributed by atoms with van der Waals surface area (Å²) in [6, 6.07) is 3.23. The van der Waals surface area contributed by atoms with Crippen LogP contribution in [-0.4, -0.2) is 16.3 Å². The van der Waals surface area contributed by atoms with Crippen molar-refractivity contribution in [2.45, 2.75) is 50.9 Å². The molecule has 1 unspecified atom stereocenters. The summed E-state index contributed by atoms with van der Waals surface area (Å²) >= 11 is 0.